The van der Waals surface area contributed by atoms with E-state index in [1.807, 2.05) is 88.4 Å². The van der Waals surface area contributed by atoms with E-state index in [1.165, 1.54) is 6.20 Å². The van der Waals surface area contributed by atoms with Crippen molar-refractivity contribution in [3.8, 4) is 5.88 Å². The summed E-state index contributed by atoms with van der Waals surface area (Å²) in [6, 6.07) is 19.2. The van der Waals surface area contributed by atoms with Gasteiger partial charge >= 0.3 is 0 Å². The first-order chi connectivity index (χ1) is 17.0. The van der Waals surface area contributed by atoms with Crippen LogP contribution in [0.15, 0.2) is 86.8 Å². The molecule has 0 radical (unpaired) electrons. The first kappa shape index (κ1) is 29.8. The summed E-state index contributed by atoms with van der Waals surface area (Å²) in [5.41, 5.74) is 1.61. The molecule has 0 saturated heterocycles. The number of para-hydroxylation sites is 2. The van der Waals surface area contributed by atoms with Gasteiger partial charge in [-0.2, -0.15) is 4.98 Å². The van der Waals surface area contributed by atoms with Gasteiger partial charge in [0.2, 0.25) is 17.8 Å². The maximum Gasteiger partial charge on any atom is 0.266 e. The fraction of sp³-hybridized carbons (Fsp3) is 0.200. The molecule has 0 unspecified atom stereocenters. The molecule has 3 N–H and O–H groups in total. The van der Waals surface area contributed by atoms with Crippen molar-refractivity contribution in [3.63, 3.8) is 0 Å². The van der Waals surface area contributed by atoms with Crippen LogP contribution in [0.2, 0.25) is 0 Å². The maximum absolute atomic E-state index is 11.2. The van der Waals surface area contributed by atoms with E-state index in [2.05, 4.69) is 62.4 Å². The van der Waals surface area contributed by atoms with E-state index in [0.29, 0.717) is 22.2 Å². The number of benzene rings is 2. The predicted molar refractivity (Wildman–Crippen MR) is 151 cm³/mol. The Morgan fingerprint density at radius 2 is 1.29 bits per heavy atom. The summed E-state index contributed by atoms with van der Waals surface area (Å²) in [7, 11) is 1.57. The van der Waals surface area contributed by atoms with Gasteiger partial charge in [-0.25, -0.2) is 9.97 Å². The smallest absolute Gasteiger partial charge is 0.266 e. The molecular formula is C25H30Br2N6O2. The highest BCUT2D eigenvalue weighted by molar-refractivity contribution is 9.10. The van der Waals surface area contributed by atoms with E-state index in [-0.39, 0.29) is 5.56 Å². The van der Waals surface area contributed by atoms with Crippen LogP contribution in [0.25, 0.3) is 0 Å². The highest BCUT2D eigenvalue weighted by Gasteiger charge is 2.04. The molecule has 8 nitrogen and oxygen atoms in total. The molecule has 0 atom stereocenters. The SMILES string of the molecule is CC.CC.COc1nc(Nc2ccccc2)ncc1Br.O=c1[nH]c(Nc2ccccc2)ncc1Br. The summed E-state index contributed by atoms with van der Waals surface area (Å²) in [4.78, 5) is 26.2. The molecule has 0 spiro atoms. The zero-order valence-electron chi connectivity index (χ0n) is 20.3. The molecule has 2 heterocycles. The van der Waals surface area contributed by atoms with Crippen molar-refractivity contribution in [2.75, 3.05) is 17.7 Å². The van der Waals surface area contributed by atoms with Crippen LogP contribution >= 0.6 is 31.9 Å². The summed E-state index contributed by atoms with van der Waals surface area (Å²) >= 11 is 6.38. The van der Waals surface area contributed by atoms with Crippen LogP contribution in [0.3, 0.4) is 0 Å². The quantitative estimate of drug-likeness (QED) is 0.219. The zero-order chi connectivity index (χ0) is 26.1. The molecule has 2 aromatic carbocycles. The van der Waals surface area contributed by atoms with Crippen LogP contribution < -0.4 is 20.9 Å². The van der Waals surface area contributed by atoms with Gasteiger partial charge < -0.3 is 15.4 Å². The van der Waals surface area contributed by atoms with Gasteiger partial charge in [-0.3, -0.25) is 9.78 Å². The molecule has 0 aliphatic rings. The fourth-order valence-corrected chi connectivity index (χ4v) is 2.86. The van der Waals surface area contributed by atoms with Crippen LogP contribution in [-0.4, -0.2) is 27.0 Å². The van der Waals surface area contributed by atoms with Crippen LogP contribution in [0.4, 0.5) is 23.3 Å². The standard InChI is InChI=1S/C11H10BrN3O.C10H8BrN3O.2C2H6/c1-16-10-9(12)7-13-11(15-10)14-8-5-3-2-4-6-8;11-8-6-12-10(14-9(8)15)13-7-4-2-1-3-5-7;2*1-2/h2-7H,1H3,(H,13,14,15);1-6H,(H2,12,13,14,15);2*1-2H3. The molecule has 0 bridgehead atoms. The number of ether oxygens (including phenoxy) is 1. The van der Waals surface area contributed by atoms with Crippen LogP contribution in [-0.2, 0) is 0 Å². The number of hydrogen-bond acceptors (Lipinski definition) is 7. The Morgan fingerprint density at radius 3 is 1.80 bits per heavy atom. The van der Waals surface area contributed by atoms with Gasteiger partial charge in [-0.1, -0.05) is 64.1 Å². The monoisotopic (exact) mass is 604 g/mol. The second-order valence-electron chi connectivity index (χ2n) is 5.94. The van der Waals surface area contributed by atoms with Crippen molar-refractivity contribution >= 4 is 55.1 Å². The third-order valence-electron chi connectivity index (χ3n) is 3.73. The Hall–Kier alpha value is -3.24. The van der Waals surface area contributed by atoms with Crippen molar-refractivity contribution in [1.82, 2.24) is 19.9 Å². The Labute approximate surface area is 222 Å². The molecule has 0 saturated carbocycles. The lowest BCUT2D eigenvalue weighted by Crippen LogP contribution is -2.10. The lowest BCUT2D eigenvalue weighted by molar-refractivity contribution is 0.394. The second kappa shape index (κ2) is 17.2. The van der Waals surface area contributed by atoms with Crippen LogP contribution in [0.1, 0.15) is 27.7 Å². The number of nitrogens with zero attached hydrogens (tertiary/aromatic N) is 3. The zero-order valence-corrected chi connectivity index (χ0v) is 23.5. The number of anilines is 4. The van der Waals surface area contributed by atoms with E-state index in [9.17, 15) is 4.79 Å². The van der Waals surface area contributed by atoms with Gasteiger partial charge in [-0.15, -0.1) is 0 Å². The number of hydrogen-bond donors (Lipinski definition) is 3. The van der Waals surface area contributed by atoms with Gasteiger partial charge in [0.25, 0.3) is 5.56 Å². The summed E-state index contributed by atoms with van der Waals surface area (Å²) < 4.78 is 6.23. The maximum atomic E-state index is 11.2. The largest absolute Gasteiger partial charge is 0.480 e. The first-order valence-electron chi connectivity index (χ1n) is 11.0. The van der Waals surface area contributed by atoms with Gasteiger partial charge in [0.05, 0.1) is 24.0 Å². The molecule has 10 heteroatoms. The van der Waals surface area contributed by atoms with Crippen molar-refractivity contribution in [1.29, 1.82) is 0 Å². The number of nitrogens with one attached hydrogen (secondary N) is 3. The molecule has 0 amide bonds. The molecular weight excluding hydrogens is 576 g/mol. The first-order valence-corrected chi connectivity index (χ1v) is 12.6. The van der Waals surface area contributed by atoms with Crippen molar-refractivity contribution in [3.05, 3.63) is 92.4 Å². The van der Waals surface area contributed by atoms with E-state index >= 15 is 0 Å². The molecule has 2 aromatic heterocycles. The van der Waals surface area contributed by atoms with Gasteiger partial charge in [-0.05, 0) is 56.1 Å². The molecule has 4 aromatic rings. The van der Waals surface area contributed by atoms with E-state index < -0.39 is 0 Å². The second-order valence-corrected chi connectivity index (χ2v) is 7.65. The highest BCUT2D eigenvalue weighted by Crippen LogP contribution is 2.23. The molecule has 35 heavy (non-hydrogen) atoms. The third kappa shape index (κ3) is 10.7. The Balaban J connectivity index is 0.000000307. The topological polar surface area (TPSA) is 105 Å². The highest BCUT2D eigenvalue weighted by atomic mass is 79.9. The third-order valence-corrected chi connectivity index (χ3v) is 4.84. The lowest BCUT2D eigenvalue weighted by atomic mass is 10.3. The van der Waals surface area contributed by atoms with Crippen LogP contribution in [0.5, 0.6) is 5.88 Å². The lowest BCUT2D eigenvalue weighted by Gasteiger charge is -2.06. The van der Waals surface area contributed by atoms with Gasteiger partial charge in [0.15, 0.2) is 0 Å². The summed E-state index contributed by atoms with van der Waals surface area (Å²) in [5, 5.41) is 6.07. The average molecular weight is 606 g/mol. The van der Waals surface area contributed by atoms with Gasteiger partial charge in [0.1, 0.15) is 4.47 Å². The Bertz CT molecular complexity index is 1180. The molecule has 0 aliphatic heterocycles. The Kier molecular flexibility index (Phi) is 14.7. The summed E-state index contributed by atoms with van der Waals surface area (Å²) in [6.45, 7) is 8.00. The number of methoxy groups -OCH3 is 1. The fourth-order valence-electron chi connectivity index (χ4n) is 2.31. The normalized spacial score (nSPS) is 9.11. The number of aromatic amines is 1. The van der Waals surface area contributed by atoms with E-state index in [0.717, 1.165) is 15.8 Å². The minimum atomic E-state index is -0.205. The van der Waals surface area contributed by atoms with Crippen LogP contribution in [0, 0.1) is 0 Å². The molecule has 4 rings (SSSR count). The minimum Gasteiger partial charge on any atom is -0.480 e. The molecule has 186 valence electrons. The van der Waals surface area contributed by atoms with Crippen molar-refractivity contribution in [2.45, 2.75) is 27.7 Å². The molecule has 0 aliphatic carbocycles. The van der Waals surface area contributed by atoms with E-state index in [4.69, 9.17) is 4.74 Å². The average Bonchev–Trinajstić information content (AvgIpc) is 2.91. The predicted octanol–water partition coefficient (Wildman–Crippen LogP) is 7.32. The number of H-pyrrole nitrogens is 1. The summed E-state index contributed by atoms with van der Waals surface area (Å²) in [6.07, 6.45) is 3.11. The van der Waals surface area contributed by atoms with Gasteiger partial charge in [0, 0.05) is 11.4 Å². The van der Waals surface area contributed by atoms with Crippen molar-refractivity contribution < 1.29 is 4.74 Å². The number of aromatic nitrogens is 4. The van der Waals surface area contributed by atoms with Crippen molar-refractivity contribution in [2.24, 2.45) is 0 Å². The van der Waals surface area contributed by atoms with E-state index in [1.54, 1.807) is 13.3 Å². The number of halogens is 2. The number of rotatable bonds is 5. The summed E-state index contributed by atoms with van der Waals surface area (Å²) in [5.74, 6) is 1.44. The Morgan fingerprint density at radius 1 is 0.771 bits per heavy atom. The minimum absolute atomic E-state index is 0.205. The molecule has 0 fully saturated rings.